The summed E-state index contributed by atoms with van der Waals surface area (Å²) < 4.78 is 37.8. The summed E-state index contributed by atoms with van der Waals surface area (Å²) in [6, 6.07) is 3.31. The van der Waals surface area contributed by atoms with E-state index in [-0.39, 0.29) is 11.3 Å². The number of hydrogen-bond acceptors (Lipinski definition) is 4. The lowest BCUT2D eigenvalue weighted by Crippen LogP contribution is -2.27. The molecule has 112 valence electrons. The smallest absolute Gasteiger partial charge is 0.253 e. The topological polar surface area (TPSA) is 87.3 Å². The second-order valence-electron chi connectivity index (χ2n) is 4.28. The standard InChI is InChI=1S/C12H18FN3O3S/c1-14-6-3-7-15-12(17)10-8-9(13)4-5-11(10)16-20(2,18)19/h4-5,8,14,16H,3,6-7H2,1-2H3,(H,15,17). The molecule has 1 rings (SSSR count). The summed E-state index contributed by atoms with van der Waals surface area (Å²) in [7, 11) is -1.74. The van der Waals surface area contributed by atoms with Crippen LogP contribution in [0.15, 0.2) is 18.2 Å². The van der Waals surface area contributed by atoms with E-state index < -0.39 is 21.7 Å². The highest BCUT2D eigenvalue weighted by atomic mass is 32.2. The first-order valence-electron chi connectivity index (χ1n) is 6.03. The number of benzene rings is 1. The van der Waals surface area contributed by atoms with Gasteiger partial charge in [0.15, 0.2) is 0 Å². The van der Waals surface area contributed by atoms with Crippen molar-refractivity contribution in [3.8, 4) is 0 Å². The van der Waals surface area contributed by atoms with Gasteiger partial charge in [-0.2, -0.15) is 0 Å². The van der Waals surface area contributed by atoms with Crippen molar-refractivity contribution in [3.05, 3.63) is 29.6 Å². The summed E-state index contributed by atoms with van der Waals surface area (Å²) >= 11 is 0. The second-order valence-corrected chi connectivity index (χ2v) is 6.03. The molecule has 0 aliphatic carbocycles. The van der Waals surface area contributed by atoms with E-state index in [0.29, 0.717) is 13.0 Å². The van der Waals surface area contributed by atoms with E-state index in [1.807, 2.05) is 0 Å². The number of carbonyl (C=O) groups excluding carboxylic acids is 1. The number of sulfonamides is 1. The Morgan fingerprint density at radius 1 is 1.30 bits per heavy atom. The van der Waals surface area contributed by atoms with E-state index >= 15 is 0 Å². The summed E-state index contributed by atoms with van der Waals surface area (Å²) in [5, 5.41) is 5.54. The predicted octanol–water partition coefficient (Wildman–Crippen LogP) is 0.536. The van der Waals surface area contributed by atoms with Crippen molar-refractivity contribution in [2.75, 3.05) is 31.1 Å². The van der Waals surface area contributed by atoms with Crippen LogP contribution in [-0.2, 0) is 10.0 Å². The zero-order valence-electron chi connectivity index (χ0n) is 11.4. The SMILES string of the molecule is CNCCCNC(=O)c1cc(F)ccc1NS(C)(=O)=O. The van der Waals surface area contributed by atoms with Gasteiger partial charge in [0, 0.05) is 6.54 Å². The summed E-state index contributed by atoms with van der Waals surface area (Å²) in [5.74, 6) is -1.13. The van der Waals surface area contributed by atoms with Crippen LogP contribution in [0.1, 0.15) is 16.8 Å². The molecule has 0 bridgehead atoms. The Kier molecular flexibility index (Phi) is 5.90. The normalized spacial score (nSPS) is 11.2. The molecule has 1 aromatic rings. The number of amides is 1. The molecule has 0 spiro atoms. The van der Waals surface area contributed by atoms with Gasteiger partial charge in [0.1, 0.15) is 5.82 Å². The number of nitrogens with one attached hydrogen (secondary N) is 3. The first-order valence-corrected chi connectivity index (χ1v) is 7.93. The van der Waals surface area contributed by atoms with Gasteiger partial charge in [0.05, 0.1) is 17.5 Å². The average molecular weight is 303 g/mol. The van der Waals surface area contributed by atoms with Crippen LogP contribution in [0.25, 0.3) is 0 Å². The molecule has 0 saturated heterocycles. The molecule has 1 amide bonds. The third-order valence-corrected chi connectivity index (χ3v) is 3.00. The van der Waals surface area contributed by atoms with Crippen LogP contribution in [0.3, 0.4) is 0 Å². The summed E-state index contributed by atoms with van der Waals surface area (Å²) in [4.78, 5) is 11.9. The summed E-state index contributed by atoms with van der Waals surface area (Å²) in [6.07, 6.45) is 1.68. The van der Waals surface area contributed by atoms with Crippen LogP contribution >= 0.6 is 0 Å². The Balaban J connectivity index is 2.86. The molecule has 0 unspecified atom stereocenters. The Bertz CT molecular complexity index is 575. The first-order chi connectivity index (χ1) is 9.33. The fourth-order valence-electron chi connectivity index (χ4n) is 1.56. The molecule has 6 nitrogen and oxygen atoms in total. The van der Waals surface area contributed by atoms with Crippen molar-refractivity contribution in [1.82, 2.24) is 10.6 Å². The Hall–Kier alpha value is -1.67. The lowest BCUT2D eigenvalue weighted by Gasteiger charge is -2.11. The minimum absolute atomic E-state index is 0.0418. The fourth-order valence-corrected chi connectivity index (χ4v) is 2.13. The molecular formula is C12H18FN3O3S. The van der Waals surface area contributed by atoms with Crippen LogP contribution in [0.5, 0.6) is 0 Å². The molecule has 0 heterocycles. The van der Waals surface area contributed by atoms with Crippen molar-refractivity contribution in [2.24, 2.45) is 0 Å². The van der Waals surface area contributed by atoms with Gasteiger partial charge < -0.3 is 10.6 Å². The first kappa shape index (κ1) is 16.4. The Morgan fingerprint density at radius 3 is 2.60 bits per heavy atom. The van der Waals surface area contributed by atoms with Crippen LogP contribution < -0.4 is 15.4 Å². The van der Waals surface area contributed by atoms with Crippen LogP contribution in [0.2, 0.25) is 0 Å². The maximum Gasteiger partial charge on any atom is 0.253 e. The molecule has 1 aromatic carbocycles. The largest absolute Gasteiger partial charge is 0.352 e. The van der Waals surface area contributed by atoms with E-state index in [4.69, 9.17) is 0 Å². The molecular weight excluding hydrogens is 285 g/mol. The van der Waals surface area contributed by atoms with E-state index in [0.717, 1.165) is 24.9 Å². The van der Waals surface area contributed by atoms with Crippen molar-refractivity contribution in [2.45, 2.75) is 6.42 Å². The number of rotatable bonds is 7. The predicted molar refractivity (Wildman–Crippen MR) is 75.7 cm³/mol. The second kappa shape index (κ2) is 7.20. The van der Waals surface area contributed by atoms with Gasteiger partial charge in [-0.25, -0.2) is 12.8 Å². The van der Waals surface area contributed by atoms with Gasteiger partial charge in [-0.3, -0.25) is 9.52 Å². The monoisotopic (exact) mass is 303 g/mol. The molecule has 0 aliphatic rings. The third-order valence-electron chi connectivity index (χ3n) is 2.41. The van der Waals surface area contributed by atoms with Gasteiger partial charge in [-0.05, 0) is 38.2 Å². The molecule has 8 heteroatoms. The zero-order valence-corrected chi connectivity index (χ0v) is 12.2. The highest BCUT2D eigenvalue weighted by Gasteiger charge is 2.14. The highest BCUT2D eigenvalue weighted by Crippen LogP contribution is 2.18. The van der Waals surface area contributed by atoms with Gasteiger partial charge in [0.2, 0.25) is 10.0 Å². The van der Waals surface area contributed by atoms with Crippen molar-refractivity contribution in [1.29, 1.82) is 0 Å². The minimum Gasteiger partial charge on any atom is -0.352 e. The Morgan fingerprint density at radius 2 is 2.00 bits per heavy atom. The zero-order chi connectivity index (χ0) is 15.2. The van der Waals surface area contributed by atoms with Gasteiger partial charge in [-0.1, -0.05) is 0 Å². The maximum absolute atomic E-state index is 13.2. The molecule has 0 radical (unpaired) electrons. The van der Waals surface area contributed by atoms with E-state index in [1.54, 1.807) is 7.05 Å². The Labute approximate surface area is 117 Å². The number of halogens is 1. The molecule has 20 heavy (non-hydrogen) atoms. The van der Waals surface area contributed by atoms with E-state index in [9.17, 15) is 17.6 Å². The van der Waals surface area contributed by atoms with E-state index in [1.165, 1.54) is 6.07 Å². The van der Waals surface area contributed by atoms with Gasteiger partial charge in [-0.15, -0.1) is 0 Å². The molecule has 3 N–H and O–H groups in total. The fraction of sp³-hybridized carbons (Fsp3) is 0.417. The summed E-state index contributed by atoms with van der Waals surface area (Å²) in [6.45, 7) is 1.15. The molecule has 0 fully saturated rings. The highest BCUT2D eigenvalue weighted by molar-refractivity contribution is 7.92. The maximum atomic E-state index is 13.2. The lowest BCUT2D eigenvalue weighted by atomic mass is 10.1. The molecule has 0 saturated carbocycles. The van der Waals surface area contributed by atoms with Crippen LogP contribution in [0, 0.1) is 5.82 Å². The number of carbonyl (C=O) groups is 1. The minimum atomic E-state index is -3.54. The number of hydrogen-bond donors (Lipinski definition) is 3. The average Bonchev–Trinajstić information content (AvgIpc) is 2.35. The molecule has 0 aliphatic heterocycles. The van der Waals surface area contributed by atoms with E-state index in [2.05, 4.69) is 15.4 Å². The third kappa shape index (κ3) is 5.54. The quantitative estimate of drug-likeness (QED) is 0.642. The number of anilines is 1. The van der Waals surface area contributed by atoms with Crippen molar-refractivity contribution < 1.29 is 17.6 Å². The van der Waals surface area contributed by atoms with Gasteiger partial charge in [0.25, 0.3) is 5.91 Å². The lowest BCUT2D eigenvalue weighted by molar-refractivity contribution is 0.0953. The van der Waals surface area contributed by atoms with Crippen LogP contribution in [-0.4, -0.2) is 40.7 Å². The summed E-state index contributed by atoms with van der Waals surface area (Å²) in [5.41, 5.74) is 0.0138. The molecule has 0 atom stereocenters. The molecule has 0 aromatic heterocycles. The van der Waals surface area contributed by atoms with Crippen molar-refractivity contribution in [3.63, 3.8) is 0 Å². The van der Waals surface area contributed by atoms with Crippen LogP contribution in [0.4, 0.5) is 10.1 Å². The van der Waals surface area contributed by atoms with Gasteiger partial charge >= 0.3 is 0 Å². The van der Waals surface area contributed by atoms with Crippen molar-refractivity contribution >= 4 is 21.6 Å².